The van der Waals surface area contributed by atoms with E-state index in [0.29, 0.717) is 18.1 Å². The van der Waals surface area contributed by atoms with Gasteiger partial charge in [-0.25, -0.2) is 0 Å². The Labute approximate surface area is 102 Å². The summed E-state index contributed by atoms with van der Waals surface area (Å²) in [5.74, 6) is 3.44. The minimum absolute atomic E-state index is 0.168. The quantitative estimate of drug-likeness (QED) is 0.788. The summed E-state index contributed by atoms with van der Waals surface area (Å²) in [5.41, 5.74) is 0.581. The lowest BCUT2D eigenvalue weighted by molar-refractivity contribution is 0.0958. The van der Waals surface area contributed by atoms with E-state index in [9.17, 15) is 4.79 Å². The molecular formula is C14H17NO2. The summed E-state index contributed by atoms with van der Waals surface area (Å²) < 4.78 is 5.52. The number of rotatable bonds is 5. The van der Waals surface area contributed by atoms with Gasteiger partial charge in [0, 0.05) is 5.56 Å². The molecule has 0 saturated carbocycles. The van der Waals surface area contributed by atoms with Crippen LogP contribution in [0.5, 0.6) is 5.75 Å². The molecule has 3 nitrogen and oxygen atoms in total. The van der Waals surface area contributed by atoms with Crippen molar-refractivity contribution in [1.82, 2.24) is 5.32 Å². The summed E-state index contributed by atoms with van der Waals surface area (Å²) in [6, 6.07) is 7.02. The van der Waals surface area contributed by atoms with Crippen molar-refractivity contribution >= 4 is 5.91 Å². The Bertz CT molecular complexity index is 401. The summed E-state index contributed by atoms with van der Waals surface area (Å²) in [4.78, 5) is 11.5. The van der Waals surface area contributed by atoms with Gasteiger partial charge in [-0.2, -0.15) is 0 Å². The molecule has 0 aliphatic carbocycles. The number of ether oxygens (including phenoxy) is 1. The Kier molecular flexibility index (Phi) is 5.09. The van der Waals surface area contributed by atoms with Gasteiger partial charge in [0.15, 0.2) is 0 Å². The highest BCUT2D eigenvalue weighted by molar-refractivity contribution is 5.94. The van der Waals surface area contributed by atoms with E-state index in [4.69, 9.17) is 11.2 Å². The molecule has 1 amide bonds. The van der Waals surface area contributed by atoms with Gasteiger partial charge in [0.25, 0.3) is 5.91 Å². The molecule has 17 heavy (non-hydrogen) atoms. The molecule has 0 spiro atoms. The number of hydrogen-bond acceptors (Lipinski definition) is 2. The maximum absolute atomic E-state index is 11.5. The van der Waals surface area contributed by atoms with E-state index < -0.39 is 0 Å². The maximum atomic E-state index is 11.5. The van der Waals surface area contributed by atoms with E-state index in [-0.39, 0.29) is 12.5 Å². The Morgan fingerprint density at radius 2 is 2.06 bits per heavy atom. The van der Waals surface area contributed by atoms with Gasteiger partial charge < -0.3 is 10.1 Å². The first-order valence-corrected chi connectivity index (χ1v) is 5.58. The van der Waals surface area contributed by atoms with Crippen molar-refractivity contribution in [2.45, 2.75) is 13.8 Å². The largest absolute Gasteiger partial charge is 0.493 e. The SMILES string of the molecule is C#CCNC(=O)c1ccc(OCC(C)C)cc1. The molecule has 0 atom stereocenters. The number of hydrogen-bond donors (Lipinski definition) is 1. The van der Waals surface area contributed by atoms with Crippen LogP contribution in [-0.4, -0.2) is 19.1 Å². The maximum Gasteiger partial charge on any atom is 0.252 e. The van der Waals surface area contributed by atoms with E-state index in [0.717, 1.165) is 5.75 Å². The second-order valence-corrected chi connectivity index (χ2v) is 4.12. The lowest BCUT2D eigenvalue weighted by atomic mass is 10.2. The van der Waals surface area contributed by atoms with Crippen LogP contribution in [0.1, 0.15) is 24.2 Å². The van der Waals surface area contributed by atoms with E-state index in [1.54, 1.807) is 24.3 Å². The Morgan fingerprint density at radius 3 is 2.59 bits per heavy atom. The molecule has 0 aromatic heterocycles. The normalized spacial score (nSPS) is 9.76. The molecule has 0 saturated heterocycles. The molecule has 0 aliphatic heterocycles. The molecule has 0 unspecified atom stereocenters. The molecular weight excluding hydrogens is 214 g/mol. The van der Waals surface area contributed by atoms with Crippen molar-refractivity contribution in [3.63, 3.8) is 0 Å². The van der Waals surface area contributed by atoms with Gasteiger partial charge in [0.2, 0.25) is 0 Å². The highest BCUT2D eigenvalue weighted by Crippen LogP contribution is 2.13. The fourth-order valence-corrected chi connectivity index (χ4v) is 1.20. The van der Waals surface area contributed by atoms with Crippen LogP contribution in [0.25, 0.3) is 0 Å². The van der Waals surface area contributed by atoms with Crippen LogP contribution in [-0.2, 0) is 0 Å². The van der Waals surface area contributed by atoms with Crippen LogP contribution in [0.3, 0.4) is 0 Å². The standard InChI is InChI=1S/C14H17NO2/c1-4-9-15-14(16)12-5-7-13(8-6-12)17-10-11(2)3/h1,5-8,11H,9-10H2,2-3H3,(H,15,16). The molecule has 0 heterocycles. The Morgan fingerprint density at radius 1 is 1.41 bits per heavy atom. The topological polar surface area (TPSA) is 38.3 Å². The lowest BCUT2D eigenvalue weighted by Gasteiger charge is -2.09. The molecule has 0 aliphatic rings. The minimum atomic E-state index is -0.168. The number of terminal acetylenes is 1. The van der Waals surface area contributed by atoms with Crippen molar-refractivity contribution in [2.24, 2.45) is 5.92 Å². The van der Waals surface area contributed by atoms with Crippen LogP contribution in [0.4, 0.5) is 0 Å². The number of benzene rings is 1. The molecule has 1 aromatic rings. The first-order valence-electron chi connectivity index (χ1n) is 5.58. The van der Waals surface area contributed by atoms with Gasteiger partial charge in [0.05, 0.1) is 13.2 Å². The summed E-state index contributed by atoms with van der Waals surface area (Å²) in [7, 11) is 0. The van der Waals surface area contributed by atoms with Crippen LogP contribution in [0.2, 0.25) is 0 Å². The van der Waals surface area contributed by atoms with Crippen molar-refractivity contribution in [1.29, 1.82) is 0 Å². The minimum Gasteiger partial charge on any atom is -0.493 e. The summed E-state index contributed by atoms with van der Waals surface area (Å²) in [6.07, 6.45) is 5.06. The molecule has 90 valence electrons. The highest BCUT2D eigenvalue weighted by atomic mass is 16.5. The molecule has 0 fully saturated rings. The van der Waals surface area contributed by atoms with Crippen molar-refractivity contribution in [2.75, 3.05) is 13.2 Å². The van der Waals surface area contributed by atoms with Crippen LogP contribution in [0, 0.1) is 18.3 Å². The lowest BCUT2D eigenvalue weighted by Crippen LogP contribution is -2.23. The van der Waals surface area contributed by atoms with E-state index >= 15 is 0 Å². The van der Waals surface area contributed by atoms with Gasteiger partial charge in [-0.05, 0) is 30.2 Å². The van der Waals surface area contributed by atoms with Crippen LogP contribution in [0.15, 0.2) is 24.3 Å². The number of nitrogens with one attached hydrogen (secondary N) is 1. The van der Waals surface area contributed by atoms with E-state index in [1.165, 1.54) is 0 Å². The summed E-state index contributed by atoms with van der Waals surface area (Å²) >= 11 is 0. The second kappa shape index (κ2) is 6.59. The third kappa shape index (κ3) is 4.60. The third-order valence-corrected chi connectivity index (χ3v) is 2.05. The number of carbonyl (C=O) groups is 1. The zero-order chi connectivity index (χ0) is 12.7. The fourth-order valence-electron chi connectivity index (χ4n) is 1.20. The highest BCUT2D eigenvalue weighted by Gasteiger charge is 2.04. The average Bonchev–Trinajstić information content (AvgIpc) is 2.34. The zero-order valence-corrected chi connectivity index (χ0v) is 10.2. The first-order chi connectivity index (χ1) is 8.13. The summed E-state index contributed by atoms with van der Waals surface area (Å²) in [6.45, 7) is 5.08. The van der Waals surface area contributed by atoms with Crippen molar-refractivity contribution in [3.8, 4) is 18.1 Å². The van der Waals surface area contributed by atoms with Gasteiger partial charge in [-0.1, -0.05) is 19.8 Å². The van der Waals surface area contributed by atoms with Crippen LogP contribution < -0.4 is 10.1 Å². The molecule has 1 aromatic carbocycles. The zero-order valence-electron chi connectivity index (χ0n) is 10.2. The first kappa shape index (κ1) is 13.1. The second-order valence-electron chi connectivity index (χ2n) is 4.12. The molecule has 0 bridgehead atoms. The van der Waals surface area contributed by atoms with Crippen LogP contribution >= 0.6 is 0 Å². The van der Waals surface area contributed by atoms with E-state index in [2.05, 4.69) is 25.1 Å². The molecule has 3 heteroatoms. The van der Waals surface area contributed by atoms with Gasteiger partial charge in [-0.15, -0.1) is 6.42 Å². The van der Waals surface area contributed by atoms with Gasteiger partial charge in [-0.3, -0.25) is 4.79 Å². The molecule has 0 radical (unpaired) electrons. The predicted molar refractivity (Wildman–Crippen MR) is 67.9 cm³/mol. The van der Waals surface area contributed by atoms with Crippen molar-refractivity contribution < 1.29 is 9.53 Å². The van der Waals surface area contributed by atoms with Gasteiger partial charge in [0.1, 0.15) is 5.75 Å². The fraction of sp³-hybridized carbons (Fsp3) is 0.357. The third-order valence-electron chi connectivity index (χ3n) is 2.05. The number of amides is 1. The Hall–Kier alpha value is -1.95. The number of carbonyl (C=O) groups excluding carboxylic acids is 1. The van der Waals surface area contributed by atoms with E-state index in [1.807, 2.05) is 0 Å². The average molecular weight is 231 g/mol. The predicted octanol–water partition coefficient (Wildman–Crippen LogP) is 2.08. The van der Waals surface area contributed by atoms with Gasteiger partial charge >= 0.3 is 0 Å². The molecule has 1 rings (SSSR count). The smallest absolute Gasteiger partial charge is 0.252 e. The van der Waals surface area contributed by atoms with Crippen molar-refractivity contribution in [3.05, 3.63) is 29.8 Å². The Balaban J connectivity index is 2.55. The summed E-state index contributed by atoms with van der Waals surface area (Å²) in [5, 5.41) is 2.60. The molecule has 1 N–H and O–H groups in total. The monoisotopic (exact) mass is 231 g/mol.